The fourth-order valence-electron chi connectivity index (χ4n) is 3.11. The molecule has 1 fully saturated rings. The van der Waals surface area contributed by atoms with Crippen LogP contribution in [0.15, 0.2) is 43.0 Å². The quantitative estimate of drug-likeness (QED) is 0.725. The second kappa shape index (κ2) is 9.48. The SMILES string of the molecule is C=CCCC(O)CN1CCCCC1CNC(=O)c1ccccc1. The number of aliphatic hydroxyl groups excluding tert-OH is 1. The van der Waals surface area contributed by atoms with Crippen LogP contribution in [-0.2, 0) is 0 Å². The van der Waals surface area contributed by atoms with Crippen LogP contribution < -0.4 is 5.32 Å². The minimum Gasteiger partial charge on any atom is -0.392 e. The van der Waals surface area contributed by atoms with Gasteiger partial charge in [0.05, 0.1) is 6.10 Å². The molecule has 2 unspecified atom stereocenters. The Hall–Kier alpha value is -1.65. The highest BCUT2D eigenvalue weighted by molar-refractivity contribution is 5.94. The summed E-state index contributed by atoms with van der Waals surface area (Å²) in [6, 6.07) is 9.62. The normalized spacial score (nSPS) is 20.0. The standard InChI is InChI=1S/C19H28N2O2/c1-2-3-12-18(22)15-21-13-8-7-11-17(21)14-20-19(23)16-9-5-4-6-10-16/h2,4-6,9-10,17-18,22H,1,3,7-8,11-15H2,(H,20,23). The number of nitrogens with one attached hydrogen (secondary N) is 1. The lowest BCUT2D eigenvalue weighted by atomic mass is 10.0. The molecule has 2 atom stereocenters. The van der Waals surface area contributed by atoms with E-state index in [1.807, 2.05) is 36.4 Å². The summed E-state index contributed by atoms with van der Waals surface area (Å²) in [5.41, 5.74) is 0.695. The molecule has 1 aliphatic heterocycles. The van der Waals surface area contributed by atoms with Crippen LogP contribution in [0.1, 0.15) is 42.5 Å². The van der Waals surface area contributed by atoms with Crippen molar-refractivity contribution >= 4 is 5.91 Å². The first-order valence-corrected chi connectivity index (χ1v) is 8.57. The summed E-state index contributed by atoms with van der Waals surface area (Å²) in [7, 11) is 0. The fraction of sp³-hybridized carbons (Fsp3) is 0.526. The van der Waals surface area contributed by atoms with Gasteiger partial charge in [-0.1, -0.05) is 30.7 Å². The van der Waals surface area contributed by atoms with E-state index in [0.29, 0.717) is 24.7 Å². The molecule has 1 aliphatic rings. The topological polar surface area (TPSA) is 52.6 Å². The van der Waals surface area contributed by atoms with Gasteiger partial charge in [-0.2, -0.15) is 0 Å². The monoisotopic (exact) mass is 316 g/mol. The summed E-state index contributed by atoms with van der Waals surface area (Å²) in [4.78, 5) is 14.5. The van der Waals surface area contributed by atoms with Gasteiger partial charge in [0.15, 0.2) is 0 Å². The maximum absolute atomic E-state index is 12.2. The van der Waals surface area contributed by atoms with Gasteiger partial charge < -0.3 is 10.4 Å². The second-order valence-electron chi connectivity index (χ2n) is 6.24. The summed E-state index contributed by atoms with van der Waals surface area (Å²) in [6.07, 6.45) is 6.54. The molecule has 0 radical (unpaired) electrons. The number of benzene rings is 1. The van der Waals surface area contributed by atoms with Crippen LogP contribution in [0.2, 0.25) is 0 Å². The lowest BCUT2D eigenvalue weighted by molar-refractivity contribution is 0.0615. The summed E-state index contributed by atoms with van der Waals surface area (Å²) in [5, 5.41) is 13.2. The molecule has 1 aromatic carbocycles. The molecular formula is C19H28N2O2. The Balaban J connectivity index is 1.83. The number of nitrogens with zero attached hydrogens (tertiary/aromatic N) is 1. The third kappa shape index (κ3) is 5.81. The molecule has 0 bridgehead atoms. The highest BCUT2D eigenvalue weighted by Gasteiger charge is 2.24. The number of carbonyl (C=O) groups excluding carboxylic acids is 1. The number of piperidine rings is 1. The maximum Gasteiger partial charge on any atom is 0.251 e. The summed E-state index contributed by atoms with van der Waals surface area (Å²) >= 11 is 0. The number of likely N-dealkylation sites (tertiary alicyclic amines) is 1. The number of amides is 1. The zero-order valence-corrected chi connectivity index (χ0v) is 13.8. The van der Waals surface area contributed by atoms with Crippen LogP contribution in [0.25, 0.3) is 0 Å². The first-order valence-electron chi connectivity index (χ1n) is 8.57. The number of hydrogen-bond acceptors (Lipinski definition) is 3. The molecule has 1 saturated heterocycles. The van der Waals surface area contributed by atoms with Crippen molar-refractivity contribution in [3.63, 3.8) is 0 Å². The third-order valence-corrected chi connectivity index (χ3v) is 4.43. The molecular weight excluding hydrogens is 288 g/mol. The third-order valence-electron chi connectivity index (χ3n) is 4.43. The second-order valence-corrected chi connectivity index (χ2v) is 6.24. The van der Waals surface area contributed by atoms with Gasteiger partial charge in [0, 0.05) is 24.7 Å². The predicted octanol–water partition coefficient (Wildman–Crippen LogP) is 2.60. The number of rotatable bonds is 8. The Labute approximate surface area is 139 Å². The minimum atomic E-state index is -0.321. The van der Waals surface area contributed by atoms with Gasteiger partial charge in [0.1, 0.15) is 0 Å². The first-order chi connectivity index (χ1) is 11.2. The average molecular weight is 316 g/mol. The first kappa shape index (κ1) is 17.7. The lowest BCUT2D eigenvalue weighted by Crippen LogP contribution is -2.49. The van der Waals surface area contributed by atoms with Gasteiger partial charge in [0.25, 0.3) is 5.91 Å². The van der Waals surface area contributed by atoms with E-state index in [0.717, 1.165) is 32.2 Å². The van der Waals surface area contributed by atoms with E-state index in [9.17, 15) is 9.90 Å². The molecule has 4 heteroatoms. The Morgan fingerprint density at radius 3 is 2.91 bits per heavy atom. The summed E-state index contributed by atoms with van der Waals surface area (Å²) in [6.45, 7) is 6.02. The molecule has 2 rings (SSSR count). The van der Waals surface area contributed by atoms with Gasteiger partial charge >= 0.3 is 0 Å². The maximum atomic E-state index is 12.2. The summed E-state index contributed by atoms with van der Waals surface area (Å²) < 4.78 is 0. The van der Waals surface area contributed by atoms with Gasteiger partial charge in [-0.3, -0.25) is 9.69 Å². The van der Waals surface area contributed by atoms with E-state index >= 15 is 0 Å². The van der Waals surface area contributed by atoms with Crippen molar-refractivity contribution < 1.29 is 9.90 Å². The van der Waals surface area contributed by atoms with E-state index in [-0.39, 0.29) is 12.0 Å². The highest BCUT2D eigenvalue weighted by atomic mass is 16.3. The zero-order chi connectivity index (χ0) is 16.5. The van der Waals surface area contributed by atoms with Crippen molar-refractivity contribution in [2.75, 3.05) is 19.6 Å². The Bertz CT molecular complexity index is 489. The molecule has 23 heavy (non-hydrogen) atoms. The molecule has 126 valence electrons. The Kier molecular flexibility index (Phi) is 7.30. The van der Waals surface area contributed by atoms with Crippen molar-refractivity contribution in [1.82, 2.24) is 10.2 Å². The van der Waals surface area contributed by atoms with Crippen molar-refractivity contribution in [2.45, 2.75) is 44.2 Å². The molecule has 0 aliphatic carbocycles. The molecule has 0 aromatic heterocycles. The number of hydrogen-bond donors (Lipinski definition) is 2. The molecule has 4 nitrogen and oxygen atoms in total. The molecule has 0 saturated carbocycles. The fourth-order valence-corrected chi connectivity index (χ4v) is 3.11. The van der Waals surface area contributed by atoms with Crippen LogP contribution in [0.5, 0.6) is 0 Å². The van der Waals surface area contributed by atoms with Crippen molar-refractivity contribution in [1.29, 1.82) is 0 Å². The van der Waals surface area contributed by atoms with E-state index in [4.69, 9.17) is 0 Å². The number of allylic oxidation sites excluding steroid dienone is 1. The largest absolute Gasteiger partial charge is 0.392 e. The van der Waals surface area contributed by atoms with E-state index in [1.54, 1.807) is 0 Å². The van der Waals surface area contributed by atoms with Crippen LogP contribution in [-0.4, -0.2) is 47.7 Å². The van der Waals surface area contributed by atoms with Crippen molar-refractivity contribution in [3.8, 4) is 0 Å². The van der Waals surface area contributed by atoms with E-state index in [1.165, 1.54) is 6.42 Å². The Morgan fingerprint density at radius 2 is 2.17 bits per heavy atom. The van der Waals surface area contributed by atoms with E-state index < -0.39 is 0 Å². The zero-order valence-electron chi connectivity index (χ0n) is 13.8. The summed E-state index contributed by atoms with van der Waals surface area (Å²) in [5.74, 6) is -0.0247. The van der Waals surface area contributed by atoms with E-state index in [2.05, 4.69) is 16.8 Å². The van der Waals surface area contributed by atoms with Crippen LogP contribution in [0.3, 0.4) is 0 Å². The lowest BCUT2D eigenvalue weighted by Gasteiger charge is -2.37. The molecule has 0 spiro atoms. The van der Waals surface area contributed by atoms with Gasteiger partial charge in [-0.25, -0.2) is 0 Å². The van der Waals surface area contributed by atoms with Crippen LogP contribution in [0.4, 0.5) is 0 Å². The average Bonchev–Trinajstić information content (AvgIpc) is 2.59. The predicted molar refractivity (Wildman–Crippen MR) is 93.4 cm³/mol. The smallest absolute Gasteiger partial charge is 0.251 e. The van der Waals surface area contributed by atoms with Crippen LogP contribution >= 0.6 is 0 Å². The molecule has 2 N–H and O–H groups in total. The molecule has 1 aromatic rings. The number of β-amino-alcohol motifs (C(OH)–C–C–N with tert-alkyl or cyclic N) is 1. The number of aliphatic hydroxyl groups is 1. The van der Waals surface area contributed by atoms with Crippen molar-refractivity contribution in [3.05, 3.63) is 48.6 Å². The molecule has 1 heterocycles. The van der Waals surface area contributed by atoms with Gasteiger partial charge in [-0.15, -0.1) is 6.58 Å². The van der Waals surface area contributed by atoms with Crippen molar-refractivity contribution in [2.24, 2.45) is 0 Å². The van der Waals surface area contributed by atoms with Gasteiger partial charge in [0.2, 0.25) is 0 Å². The highest BCUT2D eigenvalue weighted by Crippen LogP contribution is 2.17. The van der Waals surface area contributed by atoms with Crippen LogP contribution in [0, 0.1) is 0 Å². The number of carbonyl (C=O) groups is 1. The minimum absolute atomic E-state index is 0.0247. The van der Waals surface area contributed by atoms with Gasteiger partial charge in [-0.05, 0) is 44.4 Å². The Morgan fingerprint density at radius 1 is 1.39 bits per heavy atom. The molecule has 1 amide bonds.